The quantitative estimate of drug-likeness (QED) is 0.626. The predicted octanol–water partition coefficient (Wildman–Crippen LogP) is 1.32. The number of rotatable bonds is 4. The van der Waals surface area contributed by atoms with Crippen molar-refractivity contribution in [3.8, 4) is 0 Å². The van der Waals surface area contributed by atoms with Gasteiger partial charge < -0.3 is 19.9 Å². The Kier molecular flexibility index (Phi) is 6.69. The summed E-state index contributed by atoms with van der Waals surface area (Å²) in [6.07, 6.45) is 4.87. The minimum atomic E-state index is 0.0318. The van der Waals surface area contributed by atoms with Crippen LogP contribution in [0.25, 0.3) is 0 Å². The maximum absolute atomic E-state index is 11.9. The van der Waals surface area contributed by atoms with Crippen LogP contribution in [0.15, 0.2) is 4.99 Å². The van der Waals surface area contributed by atoms with Crippen LogP contribution in [0.3, 0.4) is 0 Å². The van der Waals surface area contributed by atoms with E-state index >= 15 is 0 Å². The fourth-order valence-corrected chi connectivity index (χ4v) is 3.12. The third-order valence-corrected chi connectivity index (χ3v) is 4.87. The number of piperidine rings is 1. The van der Waals surface area contributed by atoms with Gasteiger partial charge in [-0.1, -0.05) is 6.92 Å². The lowest BCUT2D eigenvalue weighted by atomic mass is 9.88. The number of guanidine groups is 1. The molecule has 0 aliphatic carbocycles. The SMILES string of the molecule is CCC(C)NC(=NCC(=O)N(C)C)N1CCC2OCCCC2C1. The van der Waals surface area contributed by atoms with Crippen molar-refractivity contribution in [1.82, 2.24) is 15.1 Å². The van der Waals surface area contributed by atoms with Crippen molar-refractivity contribution in [2.75, 3.05) is 40.3 Å². The first-order valence-corrected chi connectivity index (χ1v) is 8.89. The smallest absolute Gasteiger partial charge is 0.243 e. The van der Waals surface area contributed by atoms with Crippen LogP contribution in [-0.2, 0) is 9.53 Å². The highest BCUT2D eigenvalue weighted by atomic mass is 16.5. The van der Waals surface area contributed by atoms with Crippen LogP contribution in [-0.4, -0.2) is 74.1 Å². The number of amides is 1. The van der Waals surface area contributed by atoms with E-state index in [2.05, 4.69) is 29.1 Å². The molecule has 2 aliphatic heterocycles. The van der Waals surface area contributed by atoms with Gasteiger partial charge in [-0.05, 0) is 32.6 Å². The maximum Gasteiger partial charge on any atom is 0.243 e. The molecule has 0 radical (unpaired) electrons. The van der Waals surface area contributed by atoms with Crippen LogP contribution in [0, 0.1) is 5.92 Å². The number of ether oxygens (including phenoxy) is 1. The molecule has 2 heterocycles. The average molecular weight is 324 g/mol. The predicted molar refractivity (Wildman–Crippen MR) is 92.5 cm³/mol. The van der Waals surface area contributed by atoms with E-state index in [-0.39, 0.29) is 12.5 Å². The van der Waals surface area contributed by atoms with Gasteiger partial charge in [0.15, 0.2) is 5.96 Å². The Balaban J connectivity index is 2.03. The molecule has 2 fully saturated rings. The highest BCUT2D eigenvalue weighted by molar-refractivity contribution is 5.85. The molecular formula is C17H32N4O2. The van der Waals surface area contributed by atoms with E-state index in [1.807, 2.05) is 0 Å². The molecule has 0 aromatic heterocycles. The van der Waals surface area contributed by atoms with Gasteiger partial charge >= 0.3 is 0 Å². The number of fused-ring (bicyclic) bond motifs is 1. The van der Waals surface area contributed by atoms with Crippen LogP contribution < -0.4 is 5.32 Å². The molecule has 23 heavy (non-hydrogen) atoms. The van der Waals surface area contributed by atoms with Crippen LogP contribution in [0.2, 0.25) is 0 Å². The molecule has 3 atom stereocenters. The Bertz CT molecular complexity index is 425. The second kappa shape index (κ2) is 8.52. The maximum atomic E-state index is 11.9. The number of likely N-dealkylation sites (tertiary alicyclic amines) is 1. The topological polar surface area (TPSA) is 57.2 Å². The van der Waals surface area contributed by atoms with Gasteiger partial charge in [-0.3, -0.25) is 4.79 Å². The highest BCUT2D eigenvalue weighted by Gasteiger charge is 2.33. The van der Waals surface area contributed by atoms with Gasteiger partial charge in [0.05, 0.1) is 6.10 Å². The number of nitrogens with one attached hydrogen (secondary N) is 1. The number of hydrogen-bond donors (Lipinski definition) is 1. The zero-order chi connectivity index (χ0) is 16.8. The van der Waals surface area contributed by atoms with E-state index in [1.54, 1.807) is 19.0 Å². The van der Waals surface area contributed by atoms with E-state index < -0.39 is 0 Å². The van der Waals surface area contributed by atoms with Crippen molar-refractivity contribution >= 4 is 11.9 Å². The molecule has 132 valence electrons. The summed E-state index contributed by atoms with van der Waals surface area (Å²) in [7, 11) is 3.54. The zero-order valence-corrected chi connectivity index (χ0v) is 15.0. The third-order valence-electron chi connectivity index (χ3n) is 4.87. The molecule has 6 nitrogen and oxygen atoms in total. The largest absolute Gasteiger partial charge is 0.378 e. The van der Waals surface area contributed by atoms with E-state index in [4.69, 9.17) is 4.74 Å². The average Bonchev–Trinajstić information content (AvgIpc) is 2.57. The second-order valence-electron chi connectivity index (χ2n) is 6.93. The summed E-state index contributed by atoms with van der Waals surface area (Å²) >= 11 is 0. The molecule has 2 saturated heterocycles. The van der Waals surface area contributed by atoms with Crippen LogP contribution in [0.5, 0.6) is 0 Å². The van der Waals surface area contributed by atoms with E-state index in [0.717, 1.165) is 44.9 Å². The summed E-state index contributed by atoms with van der Waals surface area (Å²) in [5, 5.41) is 3.49. The number of nitrogens with zero attached hydrogens (tertiary/aromatic N) is 3. The van der Waals surface area contributed by atoms with Gasteiger partial charge in [0.2, 0.25) is 5.91 Å². The fourth-order valence-electron chi connectivity index (χ4n) is 3.12. The van der Waals surface area contributed by atoms with Crippen LogP contribution >= 0.6 is 0 Å². The van der Waals surface area contributed by atoms with Crippen molar-refractivity contribution in [1.29, 1.82) is 0 Å². The van der Waals surface area contributed by atoms with Gasteiger partial charge in [0.1, 0.15) is 6.54 Å². The minimum absolute atomic E-state index is 0.0318. The van der Waals surface area contributed by atoms with Gasteiger partial charge in [-0.15, -0.1) is 0 Å². The van der Waals surface area contributed by atoms with Crippen molar-refractivity contribution < 1.29 is 9.53 Å². The fraction of sp³-hybridized carbons (Fsp3) is 0.882. The van der Waals surface area contributed by atoms with Crippen molar-refractivity contribution in [3.05, 3.63) is 0 Å². The van der Waals surface area contributed by atoms with Gasteiger partial charge in [-0.2, -0.15) is 0 Å². The van der Waals surface area contributed by atoms with Crippen LogP contribution in [0.1, 0.15) is 39.5 Å². The molecule has 0 bridgehead atoms. The standard InChI is InChI=1S/C17H32N4O2/c1-5-13(2)19-17(18-11-16(22)20(3)4)21-9-8-15-14(12-21)7-6-10-23-15/h13-15H,5-12H2,1-4H3,(H,18,19). The molecule has 1 N–H and O–H groups in total. The van der Waals surface area contributed by atoms with E-state index in [1.165, 1.54) is 6.42 Å². The molecular weight excluding hydrogens is 292 g/mol. The van der Waals surface area contributed by atoms with E-state index in [0.29, 0.717) is 18.1 Å². The van der Waals surface area contributed by atoms with Crippen molar-refractivity contribution in [3.63, 3.8) is 0 Å². The molecule has 0 saturated carbocycles. The Morgan fingerprint density at radius 2 is 2.22 bits per heavy atom. The highest BCUT2D eigenvalue weighted by Crippen LogP contribution is 2.28. The summed E-state index contributed by atoms with van der Waals surface area (Å²) < 4.78 is 5.89. The molecule has 0 aromatic carbocycles. The Hall–Kier alpha value is -1.30. The van der Waals surface area contributed by atoms with Crippen LogP contribution in [0.4, 0.5) is 0 Å². The molecule has 2 rings (SSSR count). The summed E-state index contributed by atoms with van der Waals surface area (Å²) in [6.45, 7) is 7.33. The monoisotopic (exact) mass is 324 g/mol. The third kappa shape index (κ3) is 5.09. The normalized spacial score (nSPS) is 26.4. The summed E-state index contributed by atoms with van der Waals surface area (Å²) in [6, 6.07) is 0.350. The van der Waals surface area contributed by atoms with Gasteiger partial charge in [0.25, 0.3) is 0 Å². The number of likely N-dealkylation sites (N-methyl/N-ethyl adjacent to an activating group) is 1. The Morgan fingerprint density at radius 3 is 2.91 bits per heavy atom. The molecule has 2 aliphatic rings. The summed E-state index contributed by atoms with van der Waals surface area (Å²) in [4.78, 5) is 20.4. The number of aliphatic imine (C=N–C) groups is 1. The minimum Gasteiger partial charge on any atom is -0.378 e. The second-order valence-corrected chi connectivity index (χ2v) is 6.93. The van der Waals surface area contributed by atoms with E-state index in [9.17, 15) is 4.79 Å². The van der Waals surface area contributed by atoms with Gasteiger partial charge in [-0.25, -0.2) is 4.99 Å². The Morgan fingerprint density at radius 1 is 1.43 bits per heavy atom. The molecule has 0 spiro atoms. The first kappa shape index (κ1) is 18.0. The zero-order valence-electron chi connectivity index (χ0n) is 15.0. The first-order chi connectivity index (χ1) is 11.0. The first-order valence-electron chi connectivity index (χ1n) is 8.89. The van der Waals surface area contributed by atoms with Crippen molar-refractivity contribution in [2.24, 2.45) is 10.9 Å². The van der Waals surface area contributed by atoms with Gasteiger partial charge in [0, 0.05) is 45.8 Å². The Labute approximate surface area is 140 Å². The molecule has 3 unspecified atom stereocenters. The lowest BCUT2D eigenvalue weighted by molar-refractivity contribution is -0.127. The number of hydrogen-bond acceptors (Lipinski definition) is 3. The lowest BCUT2D eigenvalue weighted by Crippen LogP contribution is -2.53. The molecule has 0 aromatic rings. The molecule has 1 amide bonds. The lowest BCUT2D eigenvalue weighted by Gasteiger charge is -2.42. The molecule has 6 heteroatoms. The number of carbonyl (C=O) groups is 1. The summed E-state index contributed by atoms with van der Waals surface area (Å²) in [5.74, 6) is 1.49. The van der Waals surface area contributed by atoms with Crippen molar-refractivity contribution in [2.45, 2.75) is 51.7 Å². The summed E-state index contributed by atoms with van der Waals surface area (Å²) in [5.41, 5.74) is 0. The number of carbonyl (C=O) groups excluding carboxylic acids is 1.